The molecule has 0 fully saturated rings. The lowest BCUT2D eigenvalue weighted by atomic mass is 10.1. The molecule has 47 heavy (non-hydrogen) atoms. The minimum absolute atomic E-state index is 0.0434. The van der Waals surface area contributed by atoms with Gasteiger partial charge in [0.1, 0.15) is 11.5 Å². The van der Waals surface area contributed by atoms with Crippen molar-refractivity contribution in [1.82, 2.24) is 9.62 Å². The number of thioether (sulfide) groups is 1. The maximum Gasteiger partial charge on any atom is 0.265 e. The van der Waals surface area contributed by atoms with Crippen molar-refractivity contribution in [3.63, 3.8) is 0 Å². The number of nitrogens with zero attached hydrogens (tertiary/aromatic N) is 1. The molecule has 4 rings (SSSR count). The van der Waals surface area contributed by atoms with E-state index in [4.69, 9.17) is 14.6 Å². The predicted octanol–water partition coefficient (Wildman–Crippen LogP) is 5.46. The number of nitrogens with one attached hydrogen (secondary N) is 1. The van der Waals surface area contributed by atoms with Crippen molar-refractivity contribution in [2.45, 2.75) is 34.7 Å². The number of amides is 1. The lowest BCUT2D eigenvalue weighted by Gasteiger charge is -2.23. The van der Waals surface area contributed by atoms with E-state index >= 15 is 0 Å². The van der Waals surface area contributed by atoms with Crippen LogP contribution in [0, 0.1) is 0 Å². The number of hydrogen-bond acceptors (Lipinski definition) is 9. The molecule has 250 valence electrons. The van der Waals surface area contributed by atoms with Crippen molar-refractivity contribution in [2.75, 3.05) is 26.5 Å². The Balaban J connectivity index is 0.00000192. The minimum atomic E-state index is -4.16. The van der Waals surface area contributed by atoms with Gasteiger partial charge in [-0.25, -0.2) is 26.7 Å². The largest absolute Gasteiger partial charge is 0.497 e. The fourth-order valence-corrected chi connectivity index (χ4v) is 6.70. The van der Waals surface area contributed by atoms with Gasteiger partial charge in [-0.05, 0) is 66.6 Å². The molecule has 0 saturated carbocycles. The number of sulfonamides is 2. The Kier molecular flexibility index (Phi) is 14.0. The van der Waals surface area contributed by atoms with E-state index in [0.717, 1.165) is 21.8 Å². The van der Waals surface area contributed by atoms with E-state index in [1.807, 2.05) is 37.3 Å². The SMILES string of the molecule is C=CC.COc1cc(OC)cc(C(=O)NS(=O)(=O)c2ccc(CN(CCSc3ccccc3)Cc3ccc(S(N)(=O)=O)cc3)cc2)c1. The average molecular weight is 698 g/mol. The second-order valence-corrected chi connectivity index (χ2v) is 14.6. The van der Waals surface area contributed by atoms with E-state index in [0.29, 0.717) is 31.1 Å². The van der Waals surface area contributed by atoms with Gasteiger partial charge in [0.25, 0.3) is 15.9 Å². The zero-order valence-electron chi connectivity index (χ0n) is 26.5. The zero-order chi connectivity index (χ0) is 34.5. The summed E-state index contributed by atoms with van der Waals surface area (Å²) < 4.78 is 61.8. The van der Waals surface area contributed by atoms with Crippen LogP contribution < -0.4 is 19.3 Å². The highest BCUT2D eigenvalue weighted by atomic mass is 32.2. The Labute approximate surface area is 281 Å². The number of carbonyl (C=O) groups is 1. The normalized spacial score (nSPS) is 11.3. The molecule has 1 amide bonds. The molecular weight excluding hydrogens is 659 g/mol. The summed E-state index contributed by atoms with van der Waals surface area (Å²) in [6.07, 6.45) is 1.75. The molecule has 0 spiro atoms. The molecule has 0 radical (unpaired) electrons. The van der Waals surface area contributed by atoms with Crippen molar-refractivity contribution >= 4 is 37.7 Å². The van der Waals surface area contributed by atoms with Crippen LogP contribution in [0.25, 0.3) is 0 Å². The number of primary sulfonamides is 1. The summed E-state index contributed by atoms with van der Waals surface area (Å²) in [5.41, 5.74) is 1.83. The second-order valence-electron chi connectivity index (χ2n) is 10.1. The van der Waals surface area contributed by atoms with E-state index in [1.54, 1.807) is 48.2 Å². The van der Waals surface area contributed by atoms with Crippen molar-refractivity contribution in [3.8, 4) is 11.5 Å². The first kappa shape index (κ1) is 37.3. The number of benzene rings is 4. The van der Waals surface area contributed by atoms with Crippen LogP contribution in [0.4, 0.5) is 0 Å². The lowest BCUT2D eigenvalue weighted by molar-refractivity contribution is 0.0980. The number of carbonyl (C=O) groups excluding carboxylic acids is 1. The topological polar surface area (TPSA) is 145 Å². The van der Waals surface area contributed by atoms with Gasteiger partial charge in [-0.3, -0.25) is 9.69 Å². The highest BCUT2D eigenvalue weighted by molar-refractivity contribution is 7.99. The van der Waals surface area contributed by atoms with Gasteiger partial charge in [-0.15, -0.1) is 18.3 Å². The molecule has 0 unspecified atom stereocenters. The van der Waals surface area contributed by atoms with Gasteiger partial charge in [-0.2, -0.15) is 0 Å². The van der Waals surface area contributed by atoms with Crippen LogP contribution in [0.3, 0.4) is 0 Å². The van der Waals surface area contributed by atoms with Crippen LogP contribution in [0.1, 0.15) is 28.4 Å². The number of hydrogen-bond donors (Lipinski definition) is 2. The van der Waals surface area contributed by atoms with Gasteiger partial charge in [0.2, 0.25) is 10.0 Å². The number of methoxy groups -OCH3 is 2. The van der Waals surface area contributed by atoms with E-state index in [2.05, 4.69) is 16.2 Å². The van der Waals surface area contributed by atoms with Gasteiger partial charge in [-0.1, -0.05) is 48.5 Å². The summed E-state index contributed by atoms with van der Waals surface area (Å²) in [4.78, 5) is 16.1. The van der Waals surface area contributed by atoms with Gasteiger partial charge in [0.05, 0.1) is 24.0 Å². The molecule has 4 aromatic rings. The second kappa shape index (κ2) is 17.7. The van der Waals surface area contributed by atoms with Crippen LogP contribution in [-0.2, 0) is 33.1 Å². The maximum absolute atomic E-state index is 13.0. The third-order valence-electron chi connectivity index (χ3n) is 6.56. The number of allylic oxidation sites excluding steroid dienone is 1. The highest BCUT2D eigenvalue weighted by Gasteiger charge is 2.20. The van der Waals surface area contributed by atoms with Gasteiger partial charge in [0, 0.05) is 41.9 Å². The average Bonchev–Trinajstić information content (AvgIpc) is 3.05. The molecule has 4 aromatic carbocycles. The van der Waals surface area contributed by atoms with Crippen molar-refractivity contribution in [1.29, 1.82) is 0 Å². The molecule has 3 N–H and O–H groups in total. The first-order chi connectivity index (χ1) is 22.4. The van der Waals surface area contributed by atoms with Gasteiger partial charge >= 0.3 is 0 Å². The van der Waals surface area contributed by atoms with E-state index in [1.165, 1.54) is 50.6 Å². The summed E-state index contributed by atoms with van der Waals surface area (Å²) in [6.45, 7) is 6.99. The van der Waals surface area contributed by atoms with Crippen LogP contribution in [0.15, 0.2) is 124 Å². The Morgan fingerprint density at radius 3 is 1.79 bits per heavy atom. The smallest absolute Gasteiger partial charge is 0.265 e. The molecule has 0 aliphatic carbocycles. The monoisotopic (exact) mass is 697 g/mol. The van der Waals surface area contributed by atoms with Crippen molar-refractivity contribution < 1.29 is 31.1 Å². The molecule has 0 bridgehead atoms. The summed E-state index contributed by atoms with van der Waals surface area (Å²) in [5, 5.41) is 5.24. The Hall–Kier alpha value is -4.14. The third kappa shape index (κ3) is 11.9. The predicted molar refractivity (Wildman–Crippen MR) is 186 cm³/mol. The molecule has 10 nitrogen and oxygen atoms in total. The molecule has 0 aliphatic rings. The maximum atomic E-state index is 13.0. The summed E-state index contributed by atoms with van der Waals surface area (Å²) in [5.74, 6) is 0.681. The van der Waals surface area contributed by atoms with Gasteiger partial charge in [0.15, 0.2) is 0 Å². The van der Waals surface area contributed by atoms with Crippen LogP contribution in [0.5, 0.6) is 11.5 Å². The number of nitrogens with two attached hydrogens (primary N) is 1. The Bertz CT molecular complexity index is 1810. The number of ether oxygens (including phenoxy) is 2. The lowest BCUT2D eigenvalue weighted by Crippen LogP contribution is -2.30. The first-order valence-electron chi connectivity index (χ1n) is 14.4. The summed E-state index contributed by atoms with van der Waals surface area (Å²) >= 11 is 1.72. The summed E-state index contributed by atoms with van der Waals surface area (Å²) in [7, 11) is -5.08. The quantitative estimate of drug-likeness (QED) is 0.130. The molecule has 0 atom stereocenters. The molecule has 0 saturated heterocycles. The van der Waals surface area contributed by atoms with Gasteiger partial charge < -0.3 is 9.47 Å². The van der Waals surface area contributed by atoms with Crippen LogP contribution >= 0.6 is 11.8 Å². The molecule has 0 aliphatic heterocycles. The minimum Gasteiger partial charge on any atom is -0.497 e. The van der Waals surface area contributed by atoms with E-state index < -0.39 is 26.0 Å². The first-order valence-corrected chi connectivity index (χ1v) is 18.4. The highest BCUT2D eigenvalue weighted by Crippen LogP contribution is 2.23. The zero-order valence-corrected chi connectivity index (χ0v) is 28.9. The Morgan fingerprint density at radius 1 is 0.830 bits per heavy atom. The van der Waals surface area contributed by atoms with E-state index in [9.17, 15) is 21.6 Å². The van der Waals surface area contributed by atoms with Crippen LogP contribution in [-0.4, -0.2) is 54.2 Å². The van der Waals surface area contributed by atoms with Crippen LogP contribution in [0.2, 0.25) is 0 Å². The standard InChI is InChI=1S/C31H33N3O7S3.C3H6/c1-40-26-18-25(19-27(20-26)41-2)31(35)33-44(38,39)30-14-10-24(11-15-30)22-34(16-17-42-28-6-4-3-5-7-28)21-23-8-12-29(13-9-23)43(32,36)37;1-3-2/h3-15,18-20H,16-17,21-22H2,1-2H3,(H,33,35)(H2,32,36,37);3H,1H2,2H3. The molecule has 0 aromatic heterocycles. The fraction of sp³-hybridized carbons (Fsp3) is 0.206. The third-order valence-corrected chi connectivity index (χ3v) is 9.83. The van der Waals surface area contributed by atoms with Crippen molar-refractivity contribution in [2.24, 2.45) is 5.14 Å². The fourth-order valence-electron chi connectivity index (χ4n) is 4.28. The molecule has 0 heterocycles. The summed E-state index contributed by atoms with van der Waals surface area (Å²) in [6, 6.07) is 27.2. The molecular formula is C34H39N3O7S3. The number of rotatable bonds is 14. The van der Waals surface area contributed by atoms with Crippen molar-refractivity contribution in [3.05, 3.63) is 126 Å². The Morgan fingerprint density at radius 2 is 1.32 bits per heavy atom. The molecule has 13 heteroatoms. The van der Waals surface area contributed by atoms with E-state index in [-0.39, 0.29) is 15.4 Å².